The second-order valence-corrected chi connectivity index (χ2v) is 9.38. The van der Waals surface area contributed by atoms with Gasteiger partial charge in [-0.25, -0.2) is 9.59 Å². The lowest BCUT2D eigenvalue weighted by Crippen LogP contribution is -2.37. The third-order valence-electron chi connectivity index (χ3n) is 6.67. The van der Waals surface area contributed by atoms with Crippen LogP contribution in [0.25, 0.3) is 11.0 Å². The predicted molar refractivity (Wildman–Crippen MR) is 129 cm³/mol. The van der Waals surface area contributed by atoms with E-state index in [0.29, 0.717) is 18.0 Å². The minimum absolute atomic E-state index is 0.558. The second-order valence-electron chi connectivity index (χ2n) is 9.38. The molecule has 0 radical (unpaired) electrons. The van der Waals surface area contributed by atoms with Crippen molar-refractivity contribution in [2.24, 2.45) is 11.8 Å². The van der Waals surface area contributed by atoms with Crippen LogP contribution in [0.1, 0.15) is 56.9 Å². The lowest BCUT2D eigenvalue weighted by atomic mass is 9.87. The van der Waals surface area contributed by atoms with Crippen LogP contribution < -0.4 is 4.74 Å². The monoisotopic (exact) mass is 472 g/mol. The van der Waals surface area contributed by atoms with Gasteiger partial charge >= 0.3 is 11.9 Å². The number of aryl methyl sites for hydroxylation is 1. The molecule has 186 valence electrons. The number of likely N-dealkylation sites (tertiary alicyclic amines) is 1. The number of ether oxygens (including phenoxy) is 1. The molecule has 34 heavy (non-hydrogen) atoms. The number of benzene rings is 1. The fourth-order valence-corrected chi connectivity index (χ4v) is 4.79. The highest BCUT2D eigenvalue weighted by molar-refractivity contribution is 5.89. The molecule has 8 heteroatoms. The second kappa shape index (κ2) is 13.1. The molecule has 2 fully saturated rings. The van der Waals surface area contributed by atoms with Gasteiger partial charge < -0.3 is 24.4 Å². The summed E-state index contributed by atoms with van der Waals surface area (Å²) in [6, 6.07) is 6.09. The van der Waals surface area contributed by atoms with Crippen molar-refractivity contribution >= 4 is 22.9 Å². The summed E-state index contributed by atoms with van der Waals surface area (Å²) in [4.78, 5) is 21.8. The molecule has 0 unspecified atom stereocenters. The van der Waals surface area contributed by atoms with Gasteiger partial charge in [0.15, 0.2) is 5.58 Å². The summed E-state index contributed by atoms with van der Waals surface area (Å²) in [6.07, 6.45) is 12.1. The van der Waals surface area contributed by atoms with Crippen molar-refractivity contribution in [2.45, 2.75) is 58.3 Å². The molecule has 0 amide bonds. The van der Waals surface area contributed by atoms with E-state index in [-0.39, 0.29) is 0 Å². The predicted octanol–water partition coefficient (Wildman–Crippen LogP) is 4.91. The fourth-order valence-electron chi connectivity index (χ4n) is 4.79. The number of carbonyl (C=O) groups is 2. The summed E-state index contributed by atoms with van der Waals surface area (Å²) >= 11 is 0. The Morgan fingerprint density at radius 2 is 1.74 bits per heavy atom. The summed E-state index contributed by atoms with van der Waals surface area (Å²) < 4.78 is 11.3. The minimum Gasteiger partial charge on any atom is -0.478 e. The van der Waals surface area contributed by atoms with Crippen LogP contribution in [-0.2, 0) is 9.59 Å². The average Bonchev–Trinajstić information content (AvgIpc) is 3.22. The van der Waals surface area contributed by atoms with Gasteiger partial charge in [0.1, 0.15) is 0 Å². The van der Waals surface area contributed by atoms with Gasteiger partial charge in [-0.05, 0) is 81.2 Å². The molecule has 1 aliphatic carbocycles. The van der Waals surface area contributed by atoms with E-state index < -0.39 is 11.9 Å². The molecule has 2 heterocycles. The van der Waals surface area contributed by atoms with E-state index in [9.17, 15) is 9.59 Å². The van der Waals surface area contributed by atoms with Crippen molar-refractivity contribution in [1.29, 1.82) is 0 Å². The van der Waals surface area contributed by atoms with Crippen molar-refractivity contribution in [3.05, 3.63) is 35.9 Å². The summed E-state index contributed by atoms with van der Waals surface area (Å²) in [5.41, 5.74) is 2.01. The smallest absolute Gasteiger partial charge is 0.328 e. The van der Waals surface area contributed by atoms with Crippen molar-refractivity contribution in [3.63, 3.8) is 0 Å². The number of aromatic nitrogens is 1. The molecule has 0 spiro atoms. The first-order valence-electron chi connectivity index (χ1n) is 12.3. The largest absolute Gasteiger partial charge is 0.478 e. The minimum atomic E-state index is -1.26. The van der Waals surface area contributed by atoms with Gasteiger partial charge in [0, 0.05) is 18.7 Å². The van der Waals surface area contributed by atoms with Crippen LogP contribution in [0.15, 0.2) is 34.9 Å². The molecule has 8 nitrogen and oxygen atoms in total. The number of carboxylic acids is 2. The van der Waals surface area contributed by atoms with E-state index in [1.165, 1.54) is 70.1 Å². The quantitative estimate of drug-likeness (QED) is 0.521. The van der Waals surface area contributed by atoms with Crippen molar-refractivity contribution in [3.8, 4) is 5.88 Å². The number of fused-ring (bicyclic) bond motifs is 1. The molecule has 2 aromatic rings. The van der Waals surface area contributed by atoms with E-state index in [4.69, 9.17) is 19.5 Å². The highest BCUT2D eigenvalue weighted by Gasteiger charge is 2.23. The van der Waals surface area contributed by atoms with Crippen LogP contribution in [0, 0.1) is 18.8 Å². The fraction of sp³-hybridized carbons (Fsp3) is 0.577. The van der Waals surface area contributed by atoms with Crippen LogP contribution in [0.4, 0.5) is 0 Å². The van der Waals surface area contributed by atoms with Crippen LogP contribution in [0.2, 0.25) is 0 Å². The van der Waals surface area contributed by atoms with Gasteiger partial charge in [0.2, 0.25) is 0 Å². The first-order valence-corrected chi connectivity index (χ1v) is 12.3. The van der Waals surface area contributed by atoms with Gasteiger partial charge in [-0.15, -0.1) is 0 Å². The number of carboxylic acid groups (broad SMARTS) is 2. The Morgan fingerprint density at radius 3 is 2.38 bits per heavy atom. The Balaban J connectivity index is 0.000000350. The van der Waals surface area contributed by atoms with E-state index in [1.54, 1.807) is 0 Å². The van der Waals surface area contributed by atoms with Crippen LogP contribution >= 0.6 is 0 Å². The maximum atomic E-state index is 9.55. The summed E-state index contributed by atoms with van der Waals surface area (Å²) in [6.45, 7) is 6.70. The zero-order valence-electron chi connectivity index (χ0n) is 19.9. The third kappa shape index (κ3) is 8.48. The number of piperidine rings is 1. The third-order valence-corrected chi connectivity index (χ3v) is 6.67. The zero-order valence-corrected chi connectivity index (χ0v) is 19.9. The Labute approximate surface area is 200 Å². The van der Waals surface area contributed by atoms with Crippen LogP contribution in [0.5, 0.6) is 5.88 Å². The normalized spacial score (nSPS) is 18.0. The molecule has 4 rings (SSSR count). The number of rotatable bonds is 8. The molecule has 2 aliphatic rings. The van der Waals surface area contributed by atoms with E-state index in [0.717, 1.165) is 35.8 Å². The zero-order chi connectivity index (χ0) is 24.3. The topological polar surface area (TPSA) is 113 Å². The number of nitrogens with zero attached hydrogens (tertiary/aromatic N) is 2. The van der Waals surface area contributed by atoms with Crippen molar-refractivity contribution < 1.29 is 29.1 Å². The first-order chi connectivity index (χ1) is 16.4. The molecule has 0 bridgehead atoms. The molecular weight excluding hydrogens is 436 g/mol. The van der Waals surface area contributed by atoms with E-state index in [1.807, 2.05) is 12.1 Å². The van der Waals surface area contributed by atoms with Gasteiger partial charge in [-0.3, -0.25) is 0 Å². The Kier molecular flexibility index (Phi) is 9.94. The van der Waals surface area contributed by atoms with Crippen molar-refractivity contribution in [1.82, 2.24) is 10.1 Å². The maximum absolute atomic E-state index is 9.55. The average molecular weight is 473 g/mol. The molecule has 1 aliphatic heterocycles. The van der Waals surface area contributed by atoms with Gasteiger partial charge in [-0.2, -0.15) is 0 Å². The lowest BCUT2D eigenvalue weighted by molar-refractivity contribution is -0.134. The Morgan fingerprint density at radius 1 is 1.06 bits per heavy atom. The number of hydrogen-bond acceptors (Lipinski definition) is 6. The first kappa shape index (κ1) is 25.7. The molecule has 1 aromatic heterocycles. The Bertz CT molecular complexity index is 939. The highest BCUT2D eigenvalue weighted by atomic mass is 16.5. The SMILES string of the molecule is Cc1ccc2onc(OCCC3CCN(CC4CCCCC4)CC3)c2c1.O=C(O)C=CC(=O)O. The molecule has 1 saturated carbocycles. The lowest BCUT2D eigenvalue weighted by Gasteiger charge is -2.35. The van der Waals surface area contributed by atoms with E-state index in [2.05, 4.69) is 23.0 Å². The maximum Gasteiger partial charge on any atom is 0.328 e. The highest BCUT2D eigenvalue weighted by Crippen LogP contribution is 2.29. The van der Waals surface area contributed by atoms with Gasteiger partial charge in [0.05, 0.1) is 12.0 Å². The molecule has 0 atom stereocenters. The summed E-state index contributed by atoms with van der Waals surface area (Å²) in [5, 5.41) is 20.7. The molecule has 1 saturated heterocycles. The number of hydrogen-bond donors (Lipinski definition) is 2. The van der Waals surface area contributed by atoms with Gasteiger partial charge in [-0.1, -0.05) is 30.9 Å². The standard InChI is InChI=1S/C22H32N2O2.C4H4O4/c1-17-7-8-21-20(15-17)22(23-26-21)25-14-11-18-9-12-24(13-10-18)16-19-5-3-2-4-6-19;5-3(6)1-2-4(7)8/h7-8,15,18-19H,2-6,9-14,16H2,1H3;1-2H,(H,5,6)(H,7,8). The Hall–Kier alpha value is -2.87. The van der Waals surface area contributed by atoms with Crippen molar-refractivity contribution in [2.75, 3.05) is 26.2 Å². The summed E-state index contributed by atoms with van der Waals surface area (Å²) in [7, 11) is 0. The van der Waals surface area contributed by atoms with Gasteiger partial charge in [0.25, 0.3) is 5.88 Å². The van der Waals surface area contributed by atoms with Crippen LogP contribution in [-0.4, -0.2) is 58.4 Å². The van der Waals surface area contributed by atoms with Crippen LogP contribution in [0.3, 0.4) is 0 Å². The molecule has 2 N–H and O–H groups in total. The van der Waals surface area contributed by atoms with E-state index >= 15 is 0 Å². The summed E-state index contributed by atoms with van der Waals surface area (Å²) in [5.74, 6) is -0.108. The number of aliphatic carboxylic acids is 2. The molecular formula is C26H36N2O6. The molecule has 1 aromatic carbocycles.